The van der Waals surface area contributed by atoms with Crippen molar-refractivity contribution in [2.24, 2.45) is 23.2 Å². The van der Waals surface area contributed by atoms with Crippen molar-refractivity contribution >= 4 is 27.5 Å². The fourth-order valence-corrected chi connectivity index (χ4v) is 6.10. The van der Waals surface area contributed by atoms with Gasteiger partial charge in [-0.2, -0.15) is 0 Å². The Morgan fingerprint density at radius 1 is 1.10 bits per heavy atom. The SMILES string of the molecule is C[C@H](NS(=O)(=O)c1ccc(NC(=O)CCNC(=O)C(C)(C)C)cc1)[C@@H]1C[C@H]2CC[C@H]1C2. The van der Waals surface area contributed by atoms with Crippen molar-refractivity contribution in [1.29, 1.82) is 0 Å². The molecule has 4 atom stereocenters. The van der Waals surface area contributed by atoms with Crippen LogP contribution in [0.25, 0.3) is 0 Å². The van der Waals surface area contributed by atoms with E-state index >= 15 is 0 Å². The summed E-state index contributed by atoms with van der Waals surface area (Å²) in [5.41, 5.74) is 0.0213. The van der Waals surface area contributed by atoms with Crippen molar-refractivity contribution in [1.82, 2.24) is 10.0 Å². The highest BCUT2D eigenvalue weighted by Crippen LogP contribution is 2.49. The monoisotopic (exact) mass is 449 g/mol. The molecule has 2 aliphatic rings. The minimum Gasteiger partial charge on any atom is -0.355 e. The quantitative estimate of drug-likeness (QED) is 0.566. The van der Waals surface area contributed by atoms with E-state index in [0.29, 0.717) is 17.5 Å². The van der Waals surface area contributed by atoms with E-state index in [4.69, 9.17) is 0 Å². The Morgan fingerprint density at radius 3 is 2.32 bits per heavy atom. The topological polar surface area (TPSA) is 104 Å². The van der Waals surface area contributed by atoms with E-state index in [2.05, 4.69) is 15.4 Å². The second kappa shape index (κ2) is 9.28. The van der Waals surface area contributed by atoms with E-state index in [1.165, 1.54) is 31.4 Å². The van der Waals surface area contributed by atoms with Gasteiger partial charge in [0.05, 0.1) is 4.90 Å². The van der Waals surface area contributed by atoms with Crippen molar-refractivity contribution < 1.29 is 18.0 Å². The molecule has 2 fully saturated rings. The molecule has 7 nitrogen and oxygen atoms in total. The Kier molecular flexibility index (Phi) is 7.11. The molecule has 0 aromatic heterocycles. The highest BCUT2D eigenvalue weighted by Gasteiger charge is 2.42. The van der Waals surface area contributed by atoms with Crippen LogP contribution in [-0.4, -0.2) is 32.8 Å². The Bertz CT molecular complexity index is 906. The first-order valence-corrected chi connectivity index (χ1v) is 12.6. The average Bonchev–Trinajstić information content (AvgIpc) is 3.31. The third-order valence-corrected chi connectivity index (χ3v) is 8.12. The van der Waals surface area contributed by atoms with Crippen LogP contribution in [0.1, 0.15) is 59.8 Å². The number of carbonyl (C=O) groups excluding carboxylic acids is 2. The predicted molar refractivity (Wildman–Crippen MR) is 121 cm³/mol. The van der Waals surface area contributed by atoms with Crippen LogP contribution in [0.15, 0.2) is 29.2 Å². The maximum absolute atomic E-state index is 12.8. The molecule has 2 saturated carbocycles. The Balaban J connectivity index is 1.49. The molecule has 1 aromatic rings. The van der Waals surface area contributed by atoms with Gasteiger partial charge in [-0.05, 0) is 68.2 Å². The molecule has 8 heteroatoms. The molecular formula is C23H35N3O4S. The third-order valence-electron chi connectivity index (χ3n) is 6.54. The number of hydrogen-bond donors (Lipinski definition) is 3. The lowest BCUT2D eigenvalue weighted by molar-refractivity contribution is -0.128. The lowest BCUT2D eigenvalue weighted by Crippen LogP contribution is -2.40. The molecule has 0 spiro atoms. The van der Waals surface area contributed by atoms with Crippen molar-refractivity contribution in [3.05, 3.63) is 24.3 Å². The first-order chi connectivity index (χ1) is 14.5. The molecule has 2 aliphatic carbocycles. The van der Waals surface area contributed by atoms with Crippen LogP contribution >= 0.6 is 0 Å². The summed E-state index contributed by atoms with van der Waals surface area (Å²) in [5, 5.41) is 5.46. The maximum atomic E-state index is 12.8. The Morgan fingerprint density at radius 2 is 1.77 bits per heavy atom. The lowest BCUT2D eigenvalue weighted by atomic mass is 9.84. The number of anilines is 1. The molecule has 3 rings (SSSR count). The van der Waals surface area contributed by atoms with Crippen LogP contribution < -0.4 is 15.4 Å². The Labute approximate surface area is 185 Å². The van der Waals surface area contributed by atoms with Crippen molar-refractivity contribution in [2.45, 2.75) is 70.7 Å². The summed E-state index contributed by atoms with van der Waals surface area (Å²) in [6.45, 7) is 7.65. The van der Waals surface area contributed by atoms with Gasteiger partial charge in [-0.25, -0.2) is 13.1 Å². The Hall–Kier alpha value is -1.93. The zero-order valence-electron chi connectivity index (χ0n) is 18.9. The largest absolute Gasteiger partial charge is 0.355 e. The third kappa shape index (κ3) is 6.07. The number of rotatable bonds is 8. The first-order valence-electron chi connectivity index (χ1n) is 11.2. The molecule has 1 aromatic carbocycles. The fraction of sp³-hybridized carbons (Fsp3) is 0.652. The van der Waals surface area contributed by atoms with E-state index in [-0.39, 0.29) is 35.7 Å². The molecule has 2 bridgehead atoms. The van der Waals surface area contributed by atoms with E-state index in [1.54, 1.807) is 12.1 Å². The van der Waals surface area contributed by atoms with Crippen molar-refractivity contribution in [3.63, 3.8) is 0 Å². The molecule has 172 valence electrons. The van der Waals surface area contributed by atoms with Gasteiger partial charge in [0.25, 0.3) is 0 Å². The summed E-state index contributed by atoms with van der Waals surface area (Å²) in [5.74, 6) is 1.49. The maximum Gasteiger partial charge on any atom is 0.240 e. The molecule has 3 N–H and O–H groups in total. The molecule has 31 heavy (non-hydrogen) atoms. The zero-order chi connectivity index (χ0) is 22.8. The highest BCUT2D eigenvalue weighted by molar-refractivity contribution is 7.89. The standard InChI is InChI=1S/C23H35N3O4S/c1-15(20-14-16-5-6-17(20)13-16)26-31(29,30)19-9-7-18(8-10-19)25-21(27)11-12-24-22(28)23(2,3)4/h7-10,15-17,20,26H,5-6,11-14H2,1-4H3,(H,24,28)(H,25,27)/t15-,16-,17-,20-/m0/s1. The second-order valence-electron chi connectivity index (χ2n) is 10.1. The van der Waals surface area contributed by atoms with Crippen molar-refractivity contribution in [3.8, 4) is 0 Å². The molecule has 0 heterocycles. The summed E-state index contributed by atoms with van der Waals surface area (Å²) < 4.78 is 28.4. The number of benzene rings is 1. The predicted octanol–water partition coefficient (Wildman–Crippen LogP) is 3.28. The summed E-state index contributed by atoms with van der Waals surface area (Å²) >= 11 is 0. The average molecular weight is 450 g/mol. The van der Waals surface area contributed by atoms with Crippen LogP contribution in [0.5, 0.6) is 0 Å². The molecule has 0 unspecified atom stereocenters. The van der Waals surface area contributed by atoms with Crippen LogP contribution in [0, 0.1) is 23.2 Å². The number of amides is 2. The zero-order valence-corrected chi connectivity index (χ0v) is 19.7. The van der Waals surface area contributed by atoms with E-state index in [1.807, 2.05) is 27.7 Å². The summed E-state index contributed by atoms with van der Waals surface area (Å²) in [4.78, 5) is 24.1. The molecule has 0 saturated heterocycles. The molecule has 2 amide bonds. The van der Waals surface area contributed by atoms with Crippen molar-refractivity contribution in [2.75, 3.05) is 11.9 Å². The van der Waals surface area contributed by atoms with E-state index in [0.717, 1.165) is 12.3 Å². The minimum absolute atomic E-state index is 0.0806. The first kappa shape index (κ1) is 23.7. The van der Waals surface area contributed by atoms with Gasteiger partial charge in [0.1, 0.15) is 0 Å². The normalized spacial score (nSPS) is 24.1. The van der Waals surface area contributed by atoms with Gasteiger partial charge in [-0.15, -0.1) is 0 Å². The van der Waals surface area contributed by atoms with Crippen LogP contribution in [0.3, 0.4) is 0 Å². The number of hydrogen-bond acceptors (Lipinski definition) is 4. The summed E-state index contributed by atoms with van der Waals surface area (Å²) in [6, 6.07) is 6.10. The number of sulfonamides is 1. The smallest absolute Gasteiger partial charge is 0.240 e. The van der Waals surface area contributed by atoms with Crippen LogP contribution in [0.2, 0.25) is 0 Å². The van der Waals surface area contributed by atoms with Gasteiger partial charge in [0.15, 0.2) is 0 Å². The number of fused-ring (bicyclic) bond motifs is 2. The fourth-order valence-electron chi connectivity index (χ4n) is 4.80. The summed E-state index contributed by atoms with van der Waals surface area (Å²) in [6.07, 6.45) is 5.01. The summed E-state index contributed by atoms with van der Waals surface area (Å²) in [7, 11) is -3.61. The van der Waals surface area contributed by atoms with E-state index in [9.17, 15) is 18.0 Å². The van der Waals surface area contributed by atoms with E-state index < -0.39 is 15.4 Å². The lowest BCUT2D eigenvalue weighted by Gasteiger charge is -2.28. The van der Waals surface area contributed by atoms with Gasteiger partial charge < -0.3 is 10.6 Å². The molecular weight excluding hydrogens is 414 g/mol. The molecule has 0 aliphatic heterocycles. The van der Waals surface area contributed by atoms with Gasteiger partial charge in [0.2, 0.25) is 21.8 Å². The highest BCUT2D eigenvalue weighted by atomic mass is 32.2. The van der Waals surface area contributed by atoms with Crippen LogP contribution in [0.4, 0.5) is 5.69 Å². The minimum atomic E-state index is -3.61. The second-order valence-corrected chi connectivity index (χ2v) is 11.8. The van der Waals surface area contributed by atoms with Gasteiger partial charge >= 0.3 is 0 Å². The van der Waals surface area contributed by atoms with Gasteiger partial charge in [0, 0.05) is 30.1 Å². The van der Waals surface area contributed by atoms with Gasteiger partial charge in [-0.3, -0.25) is 9.59 Å². The number of nitrogens with one attached hydrogen (secondary N) is 3. The number of carbonyl (C=O) groups is 2. The van der Waals surface area contributed by atoms with Crippen LogP contribution in [-0.2, 0) is 19.6 Å². The molecule has 0 radical (unpaired) electrons. The van der Waals surface area contributed by atoms with Gasteiger partial charge in [-0.1, -0.05) is 27.2 Å².